The van der Waals surface area contributed by atoms with Gasteiger partial charge in [0.1, 0.15) is 0 Å². The maximum atomic E-state index is 5.48. The second kappa shape index (κ2) is 5.62. The number of nitrogens with two attached hydrogens (primary N) is 1. The van der Waals surface area contributed by atoms with E-state index in [2.05, 4.69) is 0 Å². The van der Waals surface area contributed by atoms with Gasteiger partial charge in [0, 0.05) is 28.3 Å². The standard InChI is InChI=1S/C5H12NOSi.Ti/c6-8-5-3-1-2-4-7-5;/h1-4,6,8H2;/q-1;. The van der Waals surface area contributed by atoms with Crippen molar-refractivity contribution >= 4 is 9.68 Å². The molecule has 0 spiro atoms. The fraction of sp³-hybridized carbons (Fsp3) is 0.800. The van der Waals surface area contributed by atoms with E-state index >= 15 is 0 Å². The Labute approximate surface area is 73.3 Å². The fourth-order valence-corrected chi connectivity index (χ4v) is 1.59. The molecule has 0 aromatic carbocycles. The van der Waals surface area contributed by atoms with E-state index < -0.39 is 9.68 Å². The molecule has 0 unspecified atom stereocenters. The molecule has 0 amide bonds. The maximum Gasteiger partial charge on any atom is 0.0112 e. The normalized spacial score (nSPS) is 22.3. The third-order valence-electron chi connectivity index (χ3n) is 1.38. The van der Waals surface area contributed by atoms with E-state index in [1.165, 1.54) is 18.6 Å². The molecule has 0 atom stereocenters. The van der Waals surface area contributed by atoms with Crippen LogP contribution in [0.4, 0.5) is 0 Å². The van der Waals surface area contributed by atoms with E-state index in [1.807, 2.05) is 0 Å². The summed E-state index contributed by atoms with van der Waals surface area (Å²) < 4.78 is 5.28. The van der Waals surface area contributed by atoms with Crippen molar-refractivity contribution in [2.45, 2.75) is 19.3 Å². The van der Waals surface area contributed by atoms with Crippen LogP contribution in [0.25, 0.3) is 0 Å². The molecule has 0 radical (unpaired) electrons. The molecule has 0 aliphatic carbocycles. The summed E-state index contributed by atoms with van der Waals surface area (Å²) in [5.41, 5.74) is 1.22. The van der Waals surface area contributed by atoms with Gasteiger partial charge in [-0.2, -0.15) is 12.1 Å². The van der Waals surface area contributed by atoms with Gasteiger partial charge < -0.3 is 10.1 Å². The van der Waals surface area contributed by atoms with Crippen LogP contribution >= 0.6 is 0 Å². The molecule has 52 valence electrons. The van der Waals surface area contributed by atoms with Crippen LogP contribution in [0, 0.1) is 5.73 Å². The second-order valence-corrected chi connectivity index (χ2v) is 3.25. The minimum Gasteiger partial charge on any atom is -0.550 e. The molecule has 0 bridgehead atoms. The summed E-state index contributed by atoms with van der Waals surface area (Å²) in [4.78, 5) is 0. The third kappa shape index (κ3) is 3.53. The summed E-state index contributed by atoms with van der Waals surface area (Å²) in [5, 5.41) is 5.48. The van der Waals surface area contributed by atoms with Crippen LogP contribution < -0.4 is 5.40 Å². The zero-order valence-corrected chi connectivity index (χ0v) is 8.50. The largest absolute Gasteiger partial charge is 0.550 e. The number of rotatable bonds is 1. The quantitative estimate of drug-likeness (QED) is 0.442. The summed E-state index contributed by atoms with van der Waals surface area (Å²) in [5.74, 6) is 0. The Morgan fingerprint density at radius 1 is 1.44 bits per heavy atom. The third-order valence-corrected chi connectivity index (χ3v) is 2.40. The summed E-state index contributed by atoms with van der Waals surface area (Å²) in [6, 6.07) is 0. The number of hydrogen-bond donors (Lipinski definition) is 1. The molecule has 0 saturated carbocycles. The van der Waals surface area contributed by atoms with Crippen molar-refractivity contribution in [3.63, 3.8) is 0 Å². The number of ether oxygens (including phenoxy) is 1. The molecule has 1 aliphatic rings. The van der Waals surface area contributed by atoms with Gasteiger partial charge in [0.15, 0.2) is 0 Å². The van der Waals surface area contributed by atoms with E-state index in [9.17, 15) is 0 Å². The molecule has 2 nitrogen and oxygen atoms in total. The molecule has 9 heavy (non-hydrogen) atoms. The second-order valence-electron chi connectivity index (χ2n) is 2.05. The van der Waals surface area contributed by atoms with Crippen molar-refractivity contribution in [2.75, 3.05) is 6.61 Å². The van der Waals surface area contributed by atoms with Gasteiger partial charge in [-0.25, -0.2) is 0 Å². The Kier molecular flexibility index (Phi) is 6.15. The van der Waals surface area contributed by atoms with Gasteiger partial charge in [-0.3, -0.25) is 0 Å². The van der Waals surface area contributed by atoms with Crippen LogP contribution in [0.1, 0.15) is 19.3 Å². The van der Waals surface area contributed by atoms with E-state index in [1.54, 1.807) is 0 Å². The molecule has 1 aliphatic heterocycles. The van der Waals surface area contributed by atoms with Crippen molar-refractivity contribution < 1.29 is 26.5 Å². The van der Waals surface area contributed by atoms with Gasteiger partial charge in [0.25, 0.3) is 0 Å². The average molecular weight is 178 g/mol. The molecular formula is C5H12NOSiTi-. The van der Waals surface area contributed by atoms with Gasteiger partial charge in [-0.1, -0.05) is 6.42 Å². The molecular weight excluding hydrogens is 166 g/mol. The monoisotopic (exact) mass is 178 g/mol. The van der Waals surface area contributed by atoms with Gasteiger partial charge in [0.2, 0.25) is 0 Å². The van der Waals surface area contributed by atoms with Crippen LogP contribution in [0.2, 0.25) is 0 Å². The van der Waals surface area contributed by atoms with Crippen LogP contribution in [-0.2, 0) is 26.5 Å². The van der Waals surface area contributed by atoms with Crippen LogP contribution in [0.5, 0.6) is 0 Å². The number of hydrogen-bond acceptors (Lipinski definition) is 2. The van der Waals surface area contributed by atoms with Crippen LogP contribution in [0.3, 0.4) is 0 Å². The summed E-state index contributed by atoms with van der Waals surface area (Å²) in [6.45, 7) is 0.916. The van der Waals surface area contributed by atoms with E-state index in [4.69, 9.17) is 10.1 Å². The zero-order chi connectivity index (χ0) is 5.82. The minimum atomic E-state index is -0.437. The van der Waals surface area contributed by atoms with Gasteiger partial charge in [0.05, 0.1) is 0 Å². The van der Waals surface area contributed by atoms with Gasteiger partial charge in [-0.15, -0.1) is 0 Å². The summed E-state index contributed by atoms with van der Waals surface area (Å²) >= 11 is 0. The molecule has 1 fully saturated rings. The zero-order valence-electron chi connectivity index (χ0n) is 5.52. The summed E-state index contributed by atoms with van der Waals surface area (Å²) in [7, 11) is -0.437. The predicted octanol–water partition coefficient (Wildman–Crippen LogP) is -0.284. The van der Waals surface area contributed by atoms with E-state index in [0.29, 0.717) is 0 Å². The SMILES string of the molecule is N[SiH2][C-]1CCCCO1.[Ti]. The molecule has 4 heteroatoms. The minimum absolute atomic E-state index is 0. The van der Waals surface area contributed by atoms with Crippen molar-refractivity contribution in [3.8, 4) is 0 Å². The molecule has 1 heterocycles. The van der Waals surface area contributed by atoms with Crippen molar-refractivity contribution in [1.29, 1.82) is 0 Å². The van der Waals surface area contributed by atoms with Crippen molar-refractivity contribution in [3.05, 3.63) is 5.73 Å². The Morgan fingerprint density at radius 2 is 2.22 bits per heavy atom. The maximum absolute atomic E-state index is 5.48. The smallest absolute Gasteiger partial charge is 0.0112 e. The predicted molar refractivity (Wildman–Crippen MR) is 35.8 cm³/mol. The van der Waals surface area contributed by atoms with Crippen molar-refractivity contribution in [2.24, 2.45) is 5.40 Å². The first-order valence-electron chi connectivity index (χ1n) is 3.11. The van der Waals surface area contributed by atoms with E-state index in [-0.39, 0.29) is 21.7 Å². The molecule has 0 aromatic rings. The van der Waals surface area contributed by atoms with Crippen LogP contribution in [0.15, 0.2) is 0 Å². The Balaban J connectivity index is 0.000000640. The van der Waals surface area contributed by atoms with Crippen LogP contribution in [-0.4, -0.2) is 16.3 Å². The van der Waals surface area contributed by atoms with Gasteiger partial charge >= 0.3 is 0 Å². The fourth-order valence-electron chi connectivity index (χ4n) is 0.874. The first kappa shape index (κ1) is 9.85. The Bertz CT molecular complexity index is 68.0. The first-order valence-corrected chi connectivity index (χ1v) is 4.63. The Hall–Kier alpha value is 0.851. The molecule has 0 aromatic heterocycles. The van der Waals surface area contributed by atoms with Crippen molar-refractivity contribution in [1.82, 2.24) is 0 Å². The molecule has 1 saturated heterocycles. The topological polar surface area (TPSA) is 35.2 Å². The summed E-state index contributed by atoms with van der Waals surface area (Å²) in [6.07, 6.45) is 3.65. The molecule has 1 rings (SSSR count). The van der Waals surface area contributed by atoms with Gasteiger partial charge in [-0.05, 0) is 16.1 Å². The Morgan fingerprint density at radius 3 is 2.56 bits per heavy atom. The molecule has 2 N–H and O–H groups in total. The van der Waals surface area contributed by atoms with E-state index in [0.717, 1.165) is 13.0 Å². The first-order chi connectivity index (χ1) is 3.93. The average Bonchev–Trinajstić information content (AvgIpc) is 1.90.